The summed E-state index contributed by atoms with van der Waals surface area (Å²) in [6, 6.07) is 0. The zero-order valence-electron chi connectivity index (χ0n) is 11.3. The first-order valence-corrected chi connectivity index (χ1v) is 6.31. The Morgan fingerprint density at radius 2 is 1.44 bits per heavy atom. The summed E-state index contributed by atoms with van der Waals surface area (Å²) in [5.41, 5.74) is 0. The van der Waals surface area contributed by atoms with Crippen LogP contribution >= 0.6 is 0 Å². The van der Waals surface area contributed by atoms with Crippen LogP contribution in [0.15, 0.2) is 0 Å². The number of aliphatic hydroxyl groups excluding tert-OH is 2. The van der Waals surface area contributed by atoms with E-state index in [1.54, 1.807) is 0 Å². The second kappa shape index (κ2) is 13.2. The Morgan fingerprint density at radius 1 is 0.778 bits per heavy atom. The van der Waals surface area contributed by atoms with Crippen molar-refractivity contribution in [3.05, 3.63) is 0 Å². The van der Waals surface area contributed by atoms with Crippen LogP contribution in [0.25, 0.3) is 0 Å². The van der Waals surface area contributed by atoms with Gasteiger partial charge in [-0.1, -0.05) is 0 Å². The first kappa shape index (κ1) is 17.8. The van der Waals surface area contributed by atoms with E-state index >= 15 is 0 Å². The van der Waals surface area contributed by atoms with Gasteiger partial charge in [0.05, 0.1) is 59.0 Å². The van der Waals surface area contributed by atoms with Crippen LogP contribution in [0, 0.1) is 0 Å². The van der Waals surface area contributed by atoms with Crippen molar-refractivity contribution in [2.75, 3.05) is 52.9 Å². The Bertz CT molecular complexity index is 165. The molecule has 0 saturated heterocycles. The number of hydrogen-bond donors (Lipinski definition) is 2. The lowest BCUT2D eigenvalue weighted by Gasteiger charge is -2.19. The van der Waals surface area contributed by atoms with Crippen LogP contribution in [0.3, 0.4) is 0 Å². The average Bonchev–Trinajstić information content (AvgIpc) is 2.35. The lowest BCUT2D eigenvalue weighted by molar-refractivity contribution is -0.0859. The van der Waals surface area contributed by atoms with Crippen LogP contribution in [0.5, 0.6) is 0 Å². The molecule has 0 aliphatic heterocycles. The van der Waals surface area contributed by atoms with Crippen LogP contribution in [0.4, 0.5) is 0 Å². The van der Waals surface area contributed by atoms with Gasteiger partial charge in [-0.25, -0.2) is 0 Å². The molecule has 0 bridgehead atoms. The first-order chi connectivity index (χ1) is 8.70. The molecule has 2 N–H and O–H groups in total. The van der Waals surface area contributed by atoms with Crippen molar-refractivity contribution in [2.24, 2.45) is 0 Å². The molecular formula is C12H26O6. The minimum absolute atomic E-state index is 0.00261. The zero-order chi connectivity index (χ0) is 13.6. The molecule has 0 saturated carbocycles. The summed E-state index contributed by atoms with van der Waals surface area (Å²) < 4.78 is 21.3. The van der Waals surface area contributed by atoms with Crippen molar-refractivity contribution in [3.63, 3.8) is 0 Å². The van der Waals surface area contributed by atoms with Crippen LogP contribution in [-0.4, -0.2) is 75.3 Å². The molecule has 0 radical (unpaired) electrons. The number of rotatable bonds is 13. The summed E-state index contributed by atoms with van der Waals surface area (Å²) in [6.45, 7) is 6.21. The Morgan fingerprint density at radius 3 is 2.06 bits per heavy atom. The Kier molecular flexibility index (Phi) is 13.0. The molecular weight excluding hydrogens is 240 g/mol. The molecule has 1 unspecified atom stereocenters. The highest BCUT2D eigenvalue weighted by molar-refractivity contribution is 4.56. The van der Waals surface area contributed by atoms with E-state index in [0.29, 0.717) is 39.6 Å². The summed E-state index contributed by atoms with van der Waals surface area (Å²) in [7, 11) is 0. The second-order valence-electron chi connectivity index (χ2n) is 4.01. The molecule has 110 valence electrons. The highest BCUT2D eigenvalue weighted by Crippen LogP contribution is 1.98. The average molecular weight is 266 g/mol. The molecule has 0 amide bonds. The predicted octanol–water partition coefficient (Wildman–Crippen LogP) is -0.186. The standard InChI is InChI=1S/C12H26O6/c1-11(2)18-10-12(9-16-6-4-14)17-8-7-15-5-3-13/h11-14H,3-10H2,1-2H3. The van der Waals surface area contributed by atoms with Gasteiger partial charge in [0, 0.05) is 0 Å². The van der Waals surface area contributed by atoms with E-state index < -0.39 is 0 Å². The Balaban J connectivity index is 3.66. The second-order valence-corrected chi connectivity index (χ2v) is 4.01. The van der Waals surface area contributed by atoms with Gasteiger partial charge in [-0.3, -0.25) is 0 Å². The molecule has 6 heteroatoms. The van der Waals surface area contributed by atoms with E-state index in [4.69, 9.17) is 29.2 Å². The molecule has 18 heavy (non-hydrogen) atoms. The van der Waals surface area contributed by atoms with Gasteiger partial charge in [0.1, 0.15) is 6.10 Å². The van der Waals surface area contributed by atoms with Gasteiger partial charge >= 0.3 is 0 Å². The van der Waals surface area contributed by atoms with E-state index in [1.165, 1.54) is 0 Å². The lowest BCUT2D eigenvalue weighted by Crippen LogP contribution is -2.29. The molecule has 0 aromatic heterocycles. The molecule has 0 fully saturated rings. The van der Waals surface area contributed by atoms with Crippen LogP contribution < -0.4 is 0 Å². The topological polar surface area (TPSA) is 77.4 Å². The monoisotopic (exact) mass is 266 g/mol. The number of aliphatic hydroxyl groups is 2. The van der Waals surface area contributed by atoms with Gasteiger partial charge in [0.2, 0.25) is 0 Å². The van der Waals surface area contributed by atoms with Crippen LogP contribution in [-0.2, 0) is 18.9 Å². The van der Waals surface area contributed by atoms with E-state index in [-0.39, 0.29) is 25.4 Å². The summed E-state index contributed by atoms with van der Waals surface area (Å²) in [6.07, 6.45) is -0.0312. The zero-order valence-corrected chi connectivity index (χ0v) is 11.3. The molecule has 0 spiro atoms. The van der Waals surface area contributed by atoms with Crippen molar-refractivity contribution in [1.29, 1.82) is 0 Å². The maximum atomic E-state index is 8.63. The van der Waals surface area contributed by atoms with E-state index in [2.05, 4.69) is 0 Å². The van der Waals surface area contributed by atoms with Crippen molar-refractivity contribution in [3.8, 4) is 0 Å². The van der Waals surface area contributed by atoms with E-state index in [9.17, 15) is 0 Å². The molecule has 0 aliphatic carbocycles. The molecule has 6 nitrogen and oxygen atoms in total. The molecule has 0 rings (SSSR count). The van der Waals surface area contributed by atoms with Gasteiger partial charge in [-0.05, 0) is 13.8 Å². The first-order valence-electron chi connectivity index (χ1n) is 6.31. The third-order valence-electron chi connectivity index (χ3n) is 1.97. The smallest absolute Gasteiger partial charge is 0.104 e. The summed E-state index contributed by atoms with van der Waals surface area (Å²) in [5, 5.41) is 17.2. The fourth-order valence-corrected chi connectivity index (χ4v) is 1.16. The number of hydrogen-bond acceptors (Lipinski definition) is 6. The van der Waals surface area contributed by atoms with Crippen molar-refractivity contribution >= 4 is 0 Å². The predicted molar refractivity (Wildman–Crippen MR) is 66.6 cm³/mol. The summed E-state index contributed by atoms with van der Waals surface area (Å²) in [4.78, 5) is 0. The molecule has 1 atom stereocenters. The largest absolute Gasteiger partial charge is 0.394 e. The van der Waals surface area contributed by atoms with Gasteiger partial charge in [-0.15, -0.1) is 0 Å². The van der Waals surface area contributed by atoms with Gasteiger partial charge in [0.25, 0.3) is 0 Å². The highest BCUT2D eigenvalue weighted by Gasteiger charge is 2.10. The number of ether oxygens (including phenoxy) is 4. The maximum Gasteiger partial charge on any atom is 0.104 e. The third-order valence-corrected chi connectivity index (χ3v) is 1.97. The van der Waals surface area contributed by atoms with E-state index in [1.807, 2.05) is 13.8 Å². The lowest BCUT2D eigenvalue weighted by atomic mass is 10.4. The maximum absolute atomic E-state index is 8.63. The highest BCUT2D eigenvalue weighted by atomic mass is 16.6. The fourth-order valence-electron chi connectivity index (χ4n) is 1.16. The summed E-state index contributed by atoms with van der Waals surface area (Å²) in [5.74, 6) is 0. The fraction of sp³-hybridized carbons (Fsp3) is 1.00. The Labute approximate surface area is 109 Å². The van der Waals surface area contributed by atoms with E-state index in [0.717, 1.165) is 0 Å². The SMILES string of the molecule is CC(C)OCC(COCCO)OCCOCCO. The third kappa shape index (κ3) is 12.2. The minimum atomic E-state index is -0.170. The van der Waals surface area contributed by atoms with Gasteiger partial charge in [0.15, 0.2) is 0 Å². The summed E-state index contributed by atoms with van der Waals surface area (Å²) >= 11 is 0. The normalized spacial score (nSPS) is 13.2. The van der Waals surface area contributed by atoms with Crippen molar-refractivity contribution in [2.45, 2.75) is 26.1 Å². The molecule has 0 aromatic carbocycles. The van der Waals surface area contributed by atoms with Crippen LogP contribution in [0.2, 0.25) is 0 Å². The van der Waals surface area contributed by atoms with Gasteiger partial charge < -0.3 is 29.2 Å². The molecule has 0 heterocycles. The minimum Gasteiger partial charge on any atom is -0.394 e. The van der Waals surface area contributed by atoms with Gasteiger partial charge in [-0.2, -0.15) is 0 Å². The van der Waals surface area contributed by atoms with Crippen molar-refractivity contribution in [1.82, 2.24) is 0 Å². The quantitative estimate of drug-likeness (QED) is 0.450. The Hall–Kier alpha value is -0.240. The molecule has 0 aliphatic rings. The van der Waals surface area contributed by atoms with Crippen molar-refractivity contribution < 1.29 is 29.2 Å². The molecule has 0 aromatic rings. The van der Waals surface area contributed by atoms with Crippen LogP contribution in [0.1, 0.15) is 13.8 Å².